The summed E-state index contributed by atoms with van der Waals surface area (Å²) in [5, 5.41) is 2.38. The maximum atomic E-state index is 14.2. The van der Waals surface area contributed by atoms with Crippen LogP contribution in [0.25, 0.3) is 21.0 Å². The molecule has 154 valence electrons. The summed E-state index contributed by atoms with van der Waals surface area (Å²) in [7, 11) is 3.93. The van der Waals surface area contributed by atoms with Gasteiger partial charge in [-0.15, -0.1) is 0 Å². The van der Waals surface area contributed by atoms with E-state index in [1.165, 1.54) is 6.07 Å². The van der Waals surface area contributed by atoms with Crippen molar-refractivity contribution in [2.24, 2.45) is 0 Å². The number of hydrogen-bond donors (Lipinski definition) is 0. The van der Waals surface area contributed by atoms with Gasteiger partial charge in [-0.3, -0.25) is 9.69 Å². The number of thiazole rings is 1. The number of carbonyl (C=O) groups excluding carboxylic acids is 1. The lowest BCUT2D eigenvalue weighted by atomic mass is 10.1. The molecule has 0 fully saturated rings. The van der Waals surface area contributed by atoms with Crippen LogP contribution in [0.5, 0.6) is 0 Å². The van der Waals surface area contributed by atoms with Crippen molar-refractivity contribution in [3.8, 4) is 0 Å². The van der Waals surface area contributed by atoms with Crippen LogP contribution >= 0.6 is 11.3 Å². The molecular weight excluding hydrogens is 404 g/mol. The van der Waals surface area contributed by atoms with E-state index in [1.807, 2.05) is 55.4 Å². The number of amides is 1. The van der Waals surface area contributed by atoms with Gasteiger partial charge < -0.3 is 4.90 Å². The molecule has 0 aliphatic heterocycles. The summed E-state index contributed by atoms with van der Waals surface area (Å²) in [6.45, 7) is 1.21. The molecule has 1 amide bonds. The molecule has 3 aromatic carbocycles. The number of fused-ring (bicyclic) bond motifs is 2. The predicted octanol–water partition coefficient (Wildman–Crippen LogP) is 5.33. The largest absolute Gasteiger partial charge is 0.309 e. The van der Waals surface area contributed by atoms with Gasteiger partial charge >= 0.3 is 0 Å². The molecule has 0 spiro atoms. The standard InChI is InChI=1S/C23H21F2N3OS/c1-27(2)10-5-11-28(23-26-21-19(25)13-18(24)14-20(21)30-23)22(29)17-9-8-15-6-3-4-7-16(15)12-17/h3-4,6-9,12-14H,5,10-11H2,1-2H3. The number of hydrogen-bond acceptors (Lipinski definition) is 4. The number of rotatable bonds is 6. The van der Waals surface area contributed by atoms with Gasteiger partial charge in [0.05, 0.1) is 4.70 Å². The van der Waals surface area contributed by atoms with Gasteiger partial charge in [0.2, 0.25) is 0 Å². The summed E-state index contributed by atoms with van der Waals surface area (Å²) in [5.41, 5.74) is 0.616. The van der Waals surface area contributed by atoms with Gasteiger partial charge in [-0.1, -0.05) is 41.7 Å². The zero-order valence-electron chi connectivity index (χ0n) is 16.7. The first-order valence-corrected chi connectivity index (χ1v) is 10.4. The fraction of sp³-hybridized carbons (Fsp3) is 0.217. The van der Waals surface area contributed by atoms with Crippen LogP contribution < -0.4 is 4.90 Å². The fourth-order valence-corrected chi connectivity index (χ4v) is 4.40. The van der Waals surface area contributed by atoms with E-state index < -0.39 is 11.6 Å². The van der Waals surface area contributed by atoms with Gasteiger partial charge in [-0.25, -0.2) is 13.8 Å². The normalized spacial score (nSPS) is 11.5. The molecular formula is C23H21F2N3OS. The van der Waals surface area contributed by atoms with Crippen LogP contribution in [0.1, 0.15) is 16.8 Å². The van der Waals surface area contributed by atoms with E-state index in [0.717, 1.165) is 41.1 Å². The van der Waals surface area contributed by atoms with E-state index in [-0.39, 0.29) is 11.4 Å². The average Bonchev–Trinajstić information content (AvgIpc) is 3.14. The number of benzene rings is 3. The molecule has 30 heavy (non-hydrogen) atoms. The molecule has 7 heteroatoms. The molecule has 4 aromatic rings. The number of carbonyl (C=O) groups is 1. The van der Waals surface area contributed by atoms with Crippen molar-refractivity contribution >= 4 is 43.4 Å². The Morgan fingerprint density at radius 2 is 1.77 bits per heavy atom. The molecule has 1 heterocycles. The molecule has 0 N–H and O–H groups in total. The number of halogens is 2. The first kappa shape index (κ1) is 20.4. The number of nitrogens with zero attached hydrogens (tertiary/aromatic N) is 3. The third-order valence-corrected chi connectivity index (χ3v) is 5.89. The molecule has 0 saturated carbocycles. The molecule has 0 saturated heterocycles. The Bertz CT molecular complexity index is 1220. The smallest absolute Gasteiger partial charge is 0.260 e. The second-order valence-corrected chi connectivity index (χ2v) is 8.42. The highest BCUT2D eigenvalue weighted by atomic mass is 32.1. The Balaban J connectivity index is 1.73. The van der Waals surface area contributed by atoms with Crippen LogP contribution in [0, 0.1) is 11.6 Å². The Hall–Kier alpha value is -2.90. The number of aromatic nitrogens is 1. The summed E-state index contributed by atoms with van der Waals surface area (Å²) < 4.78 is 28.2. The lowest BCUT2D eigenvalue weighted by Gasteiger charge is -2.21. The van der Waals surface area contributed by atoms with Crippen molar-refractivity contribution in [3.05, 3.63) is 71.8 Å². The highest BCUT2D eigenvalue weighted by molar-refractivity contribution is 7.22. The molecule has 0 atom stereocenters. The van der Waals surface area contributed by atoms with Crippen LogP contribution in [-0.2, 0) is 0 Å². The Kier molecular flexibility index (Phi) is 5.74. The van der Waals surface area contributed by atoms with Crippen molar-refractivity contribution in [1.82, 2.24) is 9.88 Å². The second-order valence-electron chi connectivity index (χ2n) is 7.41. The van der Waals surface area contributed by atoms with Crippen molar-refractivity contribution < 1.29 is 13.6 Å². The molecule has 0 bridgehead atoms. The average molecular weight is 426 g/mol. The first-order chi connectivity index (χ1) is 14.4. The topological polar surface area (TPSA) is 36.4 Å². The van der Waals surface area contributed by atoms with Crippen LogP contribution in [0.2, 0.25) is 0 Å². The van der Waals surface area contributed by atoms with E-state index in [2.05, 4.69) is 4.98 Å². The molecule has 0 aliphatic carbocycles. The third kappa shape index (κ3) is 4.17. The Labute approximate surface area is 177 Å². The quantitative estimate of drug-likeness (QED) is 0.419. The predicted molar refractivity (Wildman–Crippen MR) is 118 cm³/mol. The minimum absolute atomic E-state index is 0.0836. The second kappa shape index (κ2) is 8.45. The van der Waals surface area contributed by atoms with Crippen LogP contribution in [0.4, 0.5) is 13.9 Å². The SMILES string of the molecule is CN(C)CCCN(C(=O)c1ccc2ccccc2c1)c1nc2c(F)cc(F)cc2s1. The van der Waals surface area contributed by atoms with Crippen molar-refractivity contribution in [1.29, 1.82) is 0 Å². The van der Waals surface area contributed by atoms with Gasteiger partial charge in [0.15, 0.2) is 10.9 Å². The monoisotopic (exact) mass is 425 g/mol. The van der Waals surface area contributed by atoms with Gasteiger partial charge in [-0.2, -0.15) is 0 Å². The minimum Gasteiger partial charge on any atom is -0.309 e. The summed E-state index contributed by atoms with van der Waals surface area (Å²) in [4.78, 5) is 21.3. The Morgan fingerprint density at radius 1 is 1.00 bits per heavy atom. The molecule has 0 aliphatic rings. The highest BCUT2D eigenvalue weighted by Crippen LogP contribution is 2.32. The Morgan fingerprint density at radius 3 is 2.53 bits per heavy atom. The molecule has 1 aromatic heterocycles. The molecule has 0 unspecified atom stereocenters. The summed E-state index contributed by atoms with van der Waals surface area (Å²) in [5.74, 6) is -1.59. The third-order valence-electron chi connectivity index (χ3n) is 4.86. The lowest BCUT2D eigenvalue weighted by Crippen LogP contribution is -2.33. The maximum absolute atomic E-state index is 14.2. The maximum Gasteiger partial charge on any atom is 0.260 e. The van der Waals surface area contributed by atoms with E-state index >= 15 is 0 Å². The van der Waals surface area contributed by atoms with Crippen molar-refractivity contribution in [2.75, 3.05) is 32.1 Å². The highest BCUT2D eigenvalue weighted by Gasteiger charge is 2.22. The van der Waals surface area contributed by atoms with Gasteiger partial charge in [0.1, 0.15) is 11.3 Å². The van der Waals surface area contributed by atoms with Crippen LogP contribution in [0.15, 0.2) is 54.6 Å². The van der Waals surface area contributed by atoms with E-state index in [9.17, 15) is 13.6 Å². The van der Waals surface area contributed by atoms with Crippen molar-refractivity contribution in [3.63, 3.8) is 0 Å². The summed E-state index contributed by atoms with van der Waals surface area (Å²) in [6, 6.07) is 15.4. The first-order valence-electron chi connectivity index (χ1n) is 9.63. The molecule has 0 radical (unpaired) electrons. The van der Waals surface area contributed by atoms with Gasteiger partial charge in [-0.05, 0) is 56.0 Å². The van der Waals surface area contributed by atoms with Gasteiger partial charge in [0.25, 0.3) is 5.91 Å². The summed E-state index contributed by atoms with van der Waals surface area (Å²) in [6.07, 6.45) is 0.721. The zero-order chi connectivity index (χ0) is 21.3. The van der Waals surface area contributed by atoms with Crippen LogP contribution in [-0.4, -0.2) is 43.0 Å². The van der Waals surface area contributed by atoms with Gasteiger partial charge in [0, 0.05) is 18.2 Å². The van der Waals surface area contributed by atoms with Crippen molar-refractivity contribution in [2.45, 2.75) is 6.42 Å². The molecule has 4 rings (SSSR count). The molecule has 4 nitrogen and oxygen atoms in total. The van der Waals surface area contributed by atoms with E-state index in [4.69, 9.17) is 0 Å². The minimum atomic E-state index is -0.723. The van der Waals surface area contributed by atoms with E-state index in [0.29, 0.717) is 21.9 Å². The van der Waals surface area contributed by atoms with Crippen LogP contribution in [0.3, 0.4) is 0 Å². The lowest BCUT2D eigenvalue weighted by molar-refractivity contribution is 0.0986. The summed E-state index contributed by atoms with van der Waals surface area (Å²) >= 11 is 1.12. The van der Waals surface area contributed by atoms with E-state index in [1.54, 1.807) is 11.0 Å². The fourth-order valence-electron chi connectivity index (χ4n) is 3.37. The number of anilines is 1. The zero-order valence-corrected chi connectivity index (χ0v) is 17.5.